The molecule has 0 radical (unpaired) electrons. The molecule has 2 saturated carbocycles. The van der Waals surface area contributed by atoms with Crippen LogP contribution in [0.15, 0.2) is 4.99 Å². The van der Waals surface area contributed by atoms with E-state index in [4.69, 9.17) is 0 Å². The summed E-state index contributed by atoms with van der Waals surface area (Å²) in [5.41, 5.74) is 0. The lowest BCUT2D eigenvalue weighted by molar-refractivity contribution is -0.122. The first-order valence-corrected chi connectivity index (χ1v) is 11.2. The zero-order valence-corrected chi connectivity index (χ0v) is 17.1. The minimum Gasteiger partial charge on any atom is -0.355 e. The van der Waals surface area contributed by atoms with E-state index in [-0.39, 0.29) is 5.91 Å². The standard InChI is InChI=1S/C21H39N5O/c1-22-21(25-18-11-14-26(16-18)19-9-5-6-10-19)24-13-12-23-20(27)15-17-7-3-2-4-8-17/h17-19H,2-16H2,1H3,(H,23,27)(H2,22,24,25). The predicted octanol–water partition coefficient (Wildman–Crippen LogP) is 2.25. The fourth-order valence-corrected chi connectivity index (χ4v) is 5.00. The quantitative estimate of drug-likeness (QED) is 0.362. The number of aliphatic imine (C=N–C) groups is 1. The molecule has 27 heavy (non-hydrogen) atoms. The summed E-state index contributed by atoms with van der Waals surface area (Å²) < 4.78 is 0. The third kappa shape index (κ3) is 6.66. The molecule has 3 N–H and O–H groups in total. The Balaban J connectivity index is 1.27. The zero-order valence-electron chi connectivity index (χ0n) is 17.1. The van der Waals surface area contributed by atoms with Gasteiger partial charge in [0.25, 0.3) is 0 Å². The first kappa shape index (κ1) is 20.4. The summed E-state index contributed by atoms with van der Waals surface area (Å²) in [7, 11) is 1.82. The van der Waals surface area contributed by atoms with Gasteiger partial charge in [0.2, 0.25) is 5.91 Å². The first-order valence-electron chi connectivity index (χ1n) is 11.2. The minimum atomic E-state index is 0.203. The lowest BCUT2D eigenvalue weighted by Crippen LogP contribution is -2.47. The predicted molar refractivity (Wildman–Crippen MR) is 111 cm³/mol. The van der Waals surface area contributed by atoms with Crippen molar-refractivity contribution in [2.24, 2.45) is 10.9 Å². The van der Waals surface area contributed by atoms with Crippen LogP contribution >= 0.6 is 0 Å². The van der Waals surface area contributed by atoms with Crippen LogP contribution in [-0.4, -0.2) is 62.1 Å². The summed E-state index contributed by atoms with van der Waals surface area (Å²) in [5.74, 6) is 1.66. The molecule has 1 aliphatic heterocycles. The van der Waals surface area contributed by atoms with E-state index < -0.39 is 0 Å². The molecule has 1 atom stereocenters. The molecule has 1 heterocycles. The molecule has 0 aromatic carbocycles. The van der Waals surface area contributed by atoms with Crippen molar-refractivity contribution in [3.05, 3.63) is 0 Å². The van der Waals surface area contributed by atoms with E-state index in [1.165, 1.54) is 70.8 Å². The van der Waals surface area contributed by atoms with Crippen molar-refractivity contribution in [2.45, 2.75) is 82.7 Å². The van der Waals surface area contributed by atoms with Gasteiger partial charge in [-0.05, 0) is 38.0 Å². The lowest BCUT2D eigenvalue weighted by atomic mass is 9.87. The van der Waals surface area contributed by atoms with E-state index in [1.54, 1.807) is 0 Å². The van der Waals surface area contributed by atoms with Gasteiger partial charge in [0.05, 0.1) is 0 Å². The molecule has 1 saturated heterocycles. The minimum absolute atomic E-state index is 0.203. The van der Waals surface area contributed by atoms with Crippen LogP contribution in [0.3, 0.4) is 0 Å². The van der Waals surface area contributed by atoms with Gasteiger partial charge in [0.15, 0.2) is 5.96 Å². The molecule has 0 aromatic rings. The Kier molecular flexibility index (Phi) is 8.24. The fourth-order valence-electron chi connectivity index (χ4n) is 5.00. The second-order valence-electron chi connectivity index (χ2n) is 8.62. The van der Waals surface area contributed by atoms with Gasteiger partial charge < -0.3 is 16.0 Å². The van der Waals surface area contributed by atoms with Crippen LogP contribution in [0.2, 0.25) is 0 Å². The van der Waals surface area contributed by atoms with Gasteiger partial charge in [0, 0.05) is 51.7 Å². The van der Waals surface area contributed by atoms with E-state index in [9.17, 15) is 4.79 Å². The number of nitrogens with one attached hydrogen (secondary N) is 3. The molecule has 2 aliphatic carbocycles. The Bertz CT molecular complexity index is 483. The lowest BCUT2D eigenvalue weighted by Gasteiger charge is -2.24. The zero-order chi connectivity index (χ0) is 18.9. The van der Waals surface area contributed by atoms with Crippen LogP contribution in [0.4, 0.5) is 0 Å². The van der Waals surface area contributed by atoms with E-state index in [0.717, 1.165) is 25.1 Å². The summed E-state index contributed by atoms with van der Waals surface area (Å²) in [6, 6.07) is 1.30. The summed E-state index contributed by atoms with van der Waals surface area (Å²) in [4.78, 5) is 19.1. The first-order chi connectivity index (χ1) is 13.2. The monoisotopic (exact) mass is 377 g/mol. The average molecular weight is 378 g/mol. The second kappa shape index (κ2) is 10.9. The van der Waals surface area contributed by atoms with E-state index >= 15 is 0 Å². The highest BCUT2D eigenvalue weighted by Gasteiger charge is 2.30. The SMILES string of the molecule is CN=C(NCCNC(=O)CC1CCCCC1)NC1CCN(C2CCCC2)C1. The highest BCUT2D eigenvalue weighted by Crippen LogP contribution is 2.27. The van der Waals surface area contributed by atoms with E-state index in [0.29, 0.717) is 24.9 Å². The van der Waals surface area contributed by atoms with Gasteiger partial charge in [-0.25, -0.2) is 0 Å². The van der Waals surface area contributed by atoms with Gasteiger partial charge in [-0.1, -0.05) is 32.1 Å². The molecule has 154 valence electrons. The molecule has 3 fully saturated rings. The summed E-state index contributed by atoms with van der Waals surface area (Å²) in [6.45, 7) is 3.71. The molecule has 0 spiro atoms. The van der Waals surface area contributed by atoms with Gasteiger partial charge >= 0.3 is 0 Å². The van der Waals surface area contributed by atoms with Crippen molar-refractivity contribution in [3.63, 3.8) is 0 Å². The number of likely N-dealkylation sites (tertiary alicyclic amines) is 1. The Labute approximate surface area is 164 Å². The number of rotatable bonds is 7. The number of nitrogens with zero attached hydrogens (tertiary/aromatic N) is 2. The van der Waals surface area contributed by atoms with Crippen molar-refractivity contribution >= 4 is 11.9 Å². The molecular formula is C21H39N5O. The van der Waals surface area contributed by atoms with Crippen LogP contribution < -0.4 is 16.0 Å². The number of hydrogen-bond acceptors (Lipinski definition) is 3. The molecule has 0 aromatic heterocycles. The van der Waals surface area contributed by atoms with Crippen LogP contribution in [0.25, 0.3) is 0 Å². The van der Waals surface area contributed by atoms with Gasteiger partial charge in [-0.2, -0.15) is 0 Å². The molecule has 6 nitrogen and oxygen atoms in total. The highest BCUT2D eigenvalue weighted by molar-refractivity contribution is 5.80. The van der Waals surface area contributed by atoms with E-state index in [1.807, 2.05) is 7.05 Å². The number of guanidine groups is 1. The van der Waals surface area contributed by atoms with Crippen molar-refractivity contribution in [3.8, 4) is 0 Å². The Morgan fingerprint density at radius 2 is 1.67 bits per heavy atom. The maximum absolute atomic E-state index is 12.1. The molecule has 6 heteroatoms. The third-order valence-electron chi connectivity index (χ3n) is 6.56. The Hall–Kier alpha value is -1.30. The number of amides is 1. The van der Waals surface area contributed by atoms with E-state index in [2.05, 4.69) is 25.8 Å². The summed E-state index contributed by atoms with van der Waals surface area (Å²) in [5, 5.41) is 9.96. The number of carbonyl (C=O) groups is 1. The fraction of sp³-hybridized carbons (Fsp3) is 0.905. The Morgan fingerprint density at radius 3 is 2.41 bits per heavy atom. The second-order valence-corrected chi connectivity index (χ2v) is 8.62. The largest absolute Gasteiger partial charge is 0.355 e. The van der Waals surface area contributed by atoms with Crippen molar-refractivity contribution in [1.29, 1.82) is 0 Å². The maximum atomic E-state index is 12.1. The molecule has 1 unspecified atom stereocenters. The molecule has 3 aliphatic rings. The maximum Gasteiger partial charge on any atom is 0.220 e. The molecular weight excluding hydrogens is 338 g/mol. The third-order valence-corrected chi connectivity index (χ3v) is 6.56. The van der Waals surface area contributed by atoms with Gasteiger partial charge in [0.1, 0.15) is 0 Å². The average Bonchev–Trinajstić information content (AvgIpc) is 3.36. The summed E-state index contributed by atoms with van der Waals surface area (Å²) in [6.07, 6.45) is 13.8. The molecule has 0 bridgehead atoms. The Morgan fingerprint density at radius 1 is 0.963 bits per heavy atom. The molecule has 3 rings (SSSR count). The number of carbonyl (C=O) groups excluding carboxylic acids is 1. The van der Waals surface area contributed by atoms with Gasteiger partial charge in [-0.15, -0.1) is 0 Å². The van der Waals surface area contributed by atoms with Crippen molar-refractivity contribution < 1.29 is 4.79 Å². The topological polar surface area (TPSA) is 68.8 Å². The van der Waals surface area contributed by atoms with Crippen molar-refractivity contribution in [2.75, 3.05) is 33.2 Å². The van der Waals surface area contributed by atoms with Crippen LogP contribution in [-0.2, 0) is 4.79 Å². The van der Waals surface area contributed by atoms with Crippen molar-refractivity contribution in [1.82, 2.24) is 20.9 Å². The van der Waals surface area contributed by atoms with Gasteiger partial charge in [-0.3, -0.25) is 14.7 Å². The smallest absolute Gasteiger partial charge is 0.220 e. The highest BCUT2D eigenvalue weighted by atomic mass is 16.1. The molecule has 1 amide bonds. The number of hydrogen-bond donors (Lipinski definition) is 3. The normalized spacial score (nSPS) is 25.7. The summed E-state index contributed by atoms with van der Waals surface area (Å²) >= 11 is 0. The van der Waals surface area contributed by atoms with Crippen LogP contribution in [0.5, 0.6) is 0 Å². The van der Waals surface area contributed by atoms with Crippen LogP contribution in [0.1, 0.15) is 70.6 Å². The van der Waals surface area contributed by atoms with Crippen LogP contribution in [0, 0.1) is 5.92 Å².